The lowest BCUT2D eigenvalue weighted by molar-refractivity contribution is -0.159. The summed E-state index contributed by atoms with van der Waals surface area (Å²) in [4.78, 5) is 56.9. The van der Waals surface area contributed by atoms with E-state index >= 15 is 0 Å². The van der Waals surface area contributed by atoms with E-state index in [4.69, 9.17) is 9.47 Å². The minimum atomic E-state index is -1.25. The van der Waals surface area contributed by atoms with Gasteiger partial charge in [-0.25, -0.2) is 9.59 Å². The third-order valence-electron chi connectivity index (χ3n) is 7.11. The van der Waals surface area contributed by atoms with Crippen molar-refractivity contribution < 1.29 is 33.8 Å². The summed E-state index contributed by atoms with van der Waals surface area (Å²) in [6, 6.07) is 20.4. The highest BCUT2D eigenvalue weighted by atomic mass is 16.6. The second-order valence-electron chi connectivity index (χ2n) is 14.0. The number of carbonyl (C=O) groups excluding carboxylic acids is 4. The third kappa shape index (κ3) is 11.7. The minimum Gasteiger partial charge on any atom is -0.508 e. The Labute approximate surface area is 283 Å². The number of nitrogens with one attached hydrogen (secondary N) is 2. The van der Waals surface area contributed by atoms with Gasteiger partial charge in [0.25, 0.3) is 0 Å². The molecule has 0 saturated heterocycles. The molecule has 3 aromatic rings. The fraction of sp³-hybridized carbons (Fsp3) is 0.421. The summed E-state index contributed by atoms with van der Waals surface area (Å²) in [5.74, 6) is -1.82. The monoisotopic (exact) mass is 659 g/mol. The fourth-order valence-electron chi connectivity index (χ4n) is 5.12. The Morgan fingerprint density at radius 2 is 1.17 bits per heavy atom. The van der Waals surface area contributed by atoms with Crippen molar-refractivity contribution in [1.82, 2.24) is 15.5 Å². The zero-order chi connectivity index (χ0) is 35.6. The summed E-state index contributed by atoms with van der Waals surface area (Å²) < 4.78 is 11.2. The van der Waals surface area contributed by atoms with Crippen LogP contribution in [0.1, 0.15) is 78.1 Å². The van der Waals surface area contributed by atoms with Crippen molar-refractivity contribution in [2.45, 2.75) is 104 Å². The minimum absolute atomic E-state index is 0.0235. The number of amides is 3. The summed E-state index contributed by atoms with van der Waals surface area (Å²) >= 11 is 0. The van der Waals surface area contributed by atoms with Crippen molar-refractivity contribution in [2.24, 2.45) is 0 Å². The summed E-state index contributed by atoms with van der Waals surface area (Å²) in [6.45, 7) is 13.9. The average molecular weight is 660 g/mol. The van der Waals surface area contributed by atoms with Crippen molar-refractivity contribution >= 4 is 23.9 Å². The van der Waals surface area contributed by atoms with Crippen LogP contribution >= 0.6 is 0 Å². The van der Waals surface area contributed by atoms with Gasteiger partial charge in [0.1, 0.15) is 35.1 Å². The van der Waals surface area contributed by atoms with E-state index in [1.807, 2.05) is 60.7 Å². The van der Waals surface area contributed by atoms with Crippen LogP contribution in [0.4, 0.5) is 4.79 Å². The van der Waals surface area contributed by atoms with Gasteiger partial charge in [0.15, 0.2) is 0 Å². The molecule has 3 rings (SSSR count). The van der Waals surface area contributed by atoms with Crippen molar-refractivity contribution in [2.75, 3.05) is 0 Å². The Bertz CT molecular complexity index is 1510. The number of phenolic OH excluding ortho intramolecular Hbond substituents is 1. The fourth-order valence-corrected chi connectivity index (χ4v) is 5.12. The molecular weight excluding hydrogens is 610 g/mol. The first-order chi connectivity index (χ1) is 22.4. The number of esters is 1. The molecular formula is C38H49N3O7. The van der Waals surface area contributed by atoms with Gasteiger partial charge in [-0.2, -0.15) is 0 Å². The predicted molar refractivity (Wildman–Crippen MR) is 184 cm³/mol. The number of aromatic hydroxyl groups is 1. The number of rotatable bonds is 12. The molecule has 3 amide bonds. The normalized spacial score (nSPS) is 13.5. The molecule has 0 bridgehead atoms. The van der Waals surface area contributed by atoms with E-state index in [2.05, 4.69) is 10.6 Å². The average Bonchev–Trinajstić information content (AvgIpc) is 2.98. The van der Waals surface area contributed by atoms with Crippen molar-refractivity contribution in [1.29, 1.82) is 0 Å². The molecule has 0 radical (unpaired) electrons. The Hall–Kier alpha value is -4.86. The van der Waals surface area contributed by atoms with E-state index in [0.717, 1.165) is 11.1 Å². The molecule has 3 atom stereocenters. The van der Waals surface area contributed by atoms with Gasteiger partial charge in [-0.1, -0.05) is 72.8 Å². The number of hydrogen-bond acceptors (Lipinski definition) is 7. The highest BCUT2D eigenvalue weighted by molar-refractivity contribution is 5.94. The first-order valence-corrected chi connectivity index (χ1v) is 16.1. The van der Waals surface area contributed by atoms with E-state index in [0.29, 0.717) is 5.56 Å². The van der Waals surface area contributed by atoms with Crippen LogP contribution in [-0.4, -0.2) is 63.2 Å². The van der Waals surface area contributed by atoms with Gasteiger partial charge >= 0.3 is 12.1 Å². The van der Waals surface area contributed by atoms with Crippen molar-refractivity contribution in [3.05, 3.63) is 102 Å². The molecule has 48 heavy (non-hydrogen) atoms. The van der Waals surface area contributed by atoms with Gasteiger partial charge in [0, 0.05) is 18.9 Å². The molecule has 258 valence electrons. The molecule has 0 aromatic heterocycles. The second kappa shape index (κ2) is 16.3. The zero-order valence-electron chi connectivity index (χ0n) is 29.2. The van der Waals surface area contributed by atoms with Gasteiger partial charge < -0.3 is 30.1 Å². The number of phenols is 1. The lowest BCUT2D eigenvalue weighted by atomic mass is 9.98. The lowest BCUT2D eigenvalue weighted by Gasteiger charge is -2.38. The summed E-state index contributed by atoms with van der Waals surface area (Å²) in [7, 11) is 0. The standard InChI is InChI=1S/C38H49N3O7/c1-25(2)41(34(44)30(23-26-15-11-9-12-16-26)40-36(46)48-38(6,7)8)32(28-19-21-29(42)22-20-28)33(43)39-31(35(45)47-37(3,4)5)24-27-17-13-10-14-18-27/h9-22,25,30-32,42H,23-24H2,1-8H3,(H,39,43)(H,40,46). The Morgan fingerprint density at radius 1 is 0.688 bits per heavy atom. The van der Waals surface area contributed by atoms with Crippen LogP contribution in [0.15, 0.2) is 84.9 Å². The first-order valence-electron chi connectivity index (χ1n) is 16.1. The number of nitrogens with zero attached hydrogens (tertiary/aromatic N) is 1. The molecule has 0 aliphatic rings. The van der Waals surface area contributed by atoms with Gasteiger partial charge in [-0.15, -0.1) is 0 Å². The third-order valence-corrected chi connectivity index (χ3v) is 7.11. The lowest BCUT2D eigenvalue weighted by Crippen LogP contribution is -2.57. The molecule has 0 fully saturated rings. The van der Waals surface area contributed by atoms with Crippen LogP contribution < -0.4 is 10.6 Å². The Kier molecular flexibility index (Phi) is 12.8. The maximum absolute atomic E-state index is 14.6. The molecule has 10 heteroatoms. The van der Waals surface area contributed by atoms with Crippen LogP contribution in [0.3, 0.4) is 0 Å². The van der Waals surface area contributed by atoms with Crippen LogP contribution in [-0.2, 0) is 36.7 Å². The maximum Gasteiger partial charge on any atom is 0.408 e. The number of alkyl carbamates (subject to hydrolysis) is 1. The number of carbonyl (C=O) groups is 4. The highest BCUT2D eigenvalue weighted by Crippen LogP contribution is 2.28. The van der Waals surface area contributed by atoms with E-state index in [1.165, 1.54) is 17.0 Å². The molecule has 0 aliphatic carbocycles. The zero-order valence-corrected chi connectivity index (χ0v) is 29.2. The maximum atomic E-state index is 14.6. The molecule has 3 aromatic carbocycles. The van der Waals surface area contributed by atoms with E-state index in [9.17, 15) is 24.3 Å². The highest BCUT2D eigenvalue weighted by Gasteiger charge is 2.39. The second-order valence-corrected chi connectivity index (χ2v) is 14.0. The van der Waals surface area contributed by atoms with Crippen molar-refractivity contribution in [3.8, 4) is 5.75 Å². The van der Waals surface area contributed by atoms with Crippen molar-refractivity contribution in [3.63, 3.8) is 0 Å². The predicted octanol–water partition coefficient (Wildman–Crippen LogP) is 5.88. The topological polar surface area (TPSA) is 134 Å². The van der Waals surface area contributed by atoms with Crippen LogP contribution in [0.2, 0.25) is 0 Å². The van der Waals surface area contributed by atoms with Crippen LogP contribution in [0.25, 0.3) is 0 Å². The van der Waals surface area contributed by atoms with Gasteiger partial charge in [-0.3, -0.25) is 9.59 Å². The summed E-state index contributed by atoms with van der Waals surface area (Å²) in [5, 5.41) is 15.7. The number of ether oxygens (including phenoxy) is 2. The smallest absolute Gasteiger partial charge is 0.408 e. The summed E-state index contributed by atoms with van der Waals surface area (Å²) in [6.07, 6.45) is -0.504. The molecule has 0 heterocycles. The number of benzene rings is 3. The molecule has 3 unspecified atom stereocenters. The van der Waals surface area contributed by atoms with E-state index in [-0.39, 0.29) is 18.6 Å². The molecule has 0 spiro atoms. The quantitative estimate of drug-likeness (QED) is 0.207. The van der Waals surface area contributed by atoms with Gasteiger partial charge in [0.2, 0.25) is 11.8 Å². The Morgan fingerprint density at radius 3 is 1.62 bits per heavy atom. The molecule has 0 aliphatic heterocycles. The van der Waals surface area contributed by atoms with Gasteiger partial charge in [-0.05, 0) is 84.2 Å². The molecule has 0 saturated carbocycles. The largest absolute Gasteiger partial charge is 0.508 e. The SMILES string of the molecule is CC(C)N(C(=O)C(Cc1ccccc1)NC(=O)OC(C)(C)C)C(C(=O)NC(Cc1ccccc1)C(=O)OC(C)(C)C)c1ccc(O)cc1. The van der Waals surface area contributed by atoms with Crippen LogP contribution in [0.5, 0.6) is 5.75 Å². The van der Waals surface area contributed by atoms with Crippen LogP contribution in [0, 0.1) is 0 Å². The number of hydrogen-bond donors (Lipinski definition) is 3. The molecule has 3 N–H and O–H groups in total. The molecule has 10 nitrogen and oxygen atoms in total. The van der Waals surface area contributed by atoms with Gasteiger partial charge in [0.05, 0.1) is 0 Å². The summed E-state index contributed by atoms with van der Waals surface area (Å²) in [5.41, 5.74) is 0.354. The van der Waals surface area contributed by atoms with E-state index in [1.54, 1.807) is 67.5 Å². The van der Waals surface area contributed by atoms with E-state index < -0.39 is 59.2 Å². The first kappa shape index (κ1) is 37.6. The Balaban J connectivity index is 2.07.